The van der Waals surface area contributed by atoms with Gasteiger partial charge in [-0.15, -0.1) is 0 Å². The first-order valence-corrected chi connectivity index (χ1v) is 7.41. The van der Waals surface area contributed by atoms with E-state index in [2.05, 4.69) is 15.9 Å². The number of carboxylic acids is 1. The highest BCUT2D eigenvalue weighted by Gasteiger charge is 2.27. The summed E-state index contributed by atoms with van der Waals surface area (Å²) >= 11 is 5.99. The van der Waals surface area contributed by atoms with E-state index in [-0.39, 0.29) is 6.04 Å². The number of nitrogens with zero attached hydrogens (tertiary/aromatic N) is 2. The Balaban J connectivity index is 1.86. The zero-order chi connectivity index (χ0) is 14.5. The predicted octanol–water partition coefficient (Wildman–Crippen LogP) is 2.32. The summed E-state index contributed by atoms with van der Waals surface area (Å²) in [6.45, 7) is 6.22. The van der Waals surface area contributed by atoms with Crippen LogP contribution in [0, 0.1) is 0 Å². The average Bonchev–Trinajstić information content (AvgIpc) is 2.41. The van der Waals surface area contributed by atoms with Crippen LogP contribution < -0.4 is 0 Å². The van der Waals surface area contributed by atoms with E-state index in [1.165, 1.54) is 5.56 Å². The molecule has 4 nitrogen and oxygen atoms in total. The standard InChI is InChI=1S/C15H21ClN2O2/c1-2-14(15(19)20)18-8-6-17(7-9-18)11-12-4-3-5-13(16)10-12/h3-5,10,14H,2,6-9,11H2,1H3,(H,19,20). The van der Waals surface area contributed by atoms with E-state index in [1.54, 1.807) is 0 Å². The van der Waals surface area contributed by atoms with Gasteiger partial charge in [0.1, 0.15) is 6.04 Å². The highest BCUT2D eigenvalue weighted by Crippen LogP contribution is 2.15. The zero-order valence-corrected chi connectivity index (χ0v) is 12.5. The second-order valence-electron chi connectivity index (χ2n) is 5.20. The molecule has 1 fully saturated rings. The third-order valence-corrected chi connectivity index (χ3v) is 4.05. The lowest BCUT2D eigenvalue weighted by atomic mass is 10.1. The maximum atomic E-state index is 11.2. The van der Waals surface area contributed by atoms with Gasteiger partial charge in [-0.25, -0.2) is 0 Å². The third-order valence-electron chi connectivity index (χ3n) is 3.81. The second kappa shape index (κ2) is 7.07. The molecule has 1 N–H and O–H groups in total. The molecule has 1 aliphatic rings. The van der Waals surface area contributed by atoms with E-state index in [0.717, 1.165) is 37.7 Å². The smallest absolute Gasteiger partial charge is 0.320 e. The fourth-order valence-electron chi connectivity index (χ4n) is 2.72. The van der Waals surface area contributed by atoms with Crippen molar-refractivity contribution >= 4 is 17.6 Å². The van der Waals surface area contributed by atoms with Crippen molar-refractivity contribution in [2.45, 2.75) is 25.9 Å². The minimum atomic E-state index is -0.712. The van der Waals surface area contributed by atoms with E-state index in [9.17, 15) is 9.90 Å². The molecule has 1 aromatic carbocycles. The van der Waals surface area contributed by atoms with Crippen molar-refractivity contribution in [3.63, 3.8) is 0 Å². The summed E-state index contributed by atoms with van der Waals surface area (Å²) in [6.07, 6.45) is 0.656. The summed E-state index contributed by atoms with van der Waals surface area (Å²) in [5.74, 6) is -0.712. The van der Waals surface area contributed by atoms with Crippen LogP contribution in [0.2, 0.25) is 5.02 Å². The fourth-order valence-corrected chi connectivity index (χ4v) is 2.93. The average molecular weight is 297 g/mol. The van der Waals surface area contributed by atoms with Crippen molar-refractivity contribution in [1.82, 2.24) is 9.80 Å². The van der Waals surface area contributed by atoms with Gasteiger partial charge in [0.15, 0.2) is 0 Å². The summed E-state index contributed by atoms with van der Waals surface area (Å²) < 4.78 is 0. The Morgan fingerprint density at radius 1 is 1.35 bits per heavy atom. The quantitative estimate of drug-likeness (QED) is 0.906. The lowest BCUT2D eigenvalue weighted by Crippen LogP contribution is -2.52. The number of rotatable bonds is 5. The van der Waals surface area contributed by atoms with Crippen LogP contribution in [0.25, 0.3) is 0 Å². The predicted molar refractivity (Wildman–Crippen MR) is 80.0 cm³/mol. The Labute approximate surface area is 124 Å². The zero-order valence-electron chi connectivity index (χ0n) is 11.8. The van der Waals surface area contributed by atoms with Gasteiger partial charge in [-0.05, 0) is 24.1 Å². The molecule has 2 rings (SSSR count). The number of carbonyl (C=O) groups is 1. The van der Waals surface area contributed by atoms with Crippen molar-refractivity contribution in [1.29, 1.82) is 0 Å². The molecule has 1 aliphatic heterocycles. The van der Waals surface area contributed by atoms with E-state index < -0.39 is 5.97 Å². The molecule has 0 bridgehead atoms. The number of halogens is 1. The highest BCUT2D eigenvalue weighted by molar-refractivity contribution is 6.30. The van der Waals surface area contributed by atoms with Crippen molar-refractivity contribution in [2.24, 2.45) is 0 Å². The molecule has 0 saturated carbocycles. The molecule has 1 aromatic rings. The van der Waals surface area contributed by atoms with Crippen LogP contribution in [0.15, 0.2) is 24.3 Å². The van der Waals surface area contributed by atoms with E-state index >= 15 is 0 Å². The molecular weight excluding hydrogens is 276 g/mol. The lowest BCUT2D eigenvalue weighted by Gasteiger charge is -2.37. The largest absolute Gasteiger partial charge is 0.480 e. The summed E-state index contributed by atoms with van der Waals surface area (Å²) in [7, 11) is 0. The SMILES string of the molecule is CCC(C(=O)O)N1CCN(Cc2cccc(Cl)c2)CC1. The number of hydrogen-bond acceptors (Lipinski definition) is 3. The van der Waals surface area contributed by atoms with Crippen LogP contribution >= 0.6 is 11.6 Å². The Hall–Kier alpha value is -1.10. The summed E-state index contributed by atoms with van der Waals surface area (Å²) in [4.78, 5) is 15.6. The maximum Gasteiger partial charge on any atom is 0.320 e. The maximum absolute atomic E-state index is 11.2. The molecule has 0 radical (unpaired) electrons. The monoisotopic (exact) mass is 296 g/mol. The third kappa shape index (κ3) is 3.95. The number of hydrogen-bond donors (Lipinski definition) is 1. The van der Waals surface area contributed by atoms with Crippen molar-refractivity contribution < 1.29 is 9.90 Å². The Morgan fingerprint density at radius 2 is 2.05 bits per heavy atom. The van der Waals surface area contributed by atoms with Gasteiger partial charge in [-0.1, -0.05) is 30.7 Å². The van der Waals surface area contributed by atoms with Gasteiger partial charge >= 0.3 is 5.97 Å². The number of piperazine rings is 1. The molecule has 0 aliphatic carbocycles. The first kappa shape index (κ1) is 15.3. The fraction of sp³-hybridized carbons (Fsp3) is 0.533. The topological polar surface area (TPSA) is 43.8 Å². The summed E-state index contributed by atoms with van der Waals surface area (Å²) in [5, 5.41) is 9.95. The molecular formula is C15H21ClN2O2. The number of aliphatic carboxylic acids is 1. The van der Waals surface area contributed by atoms with Crippen LogP contribution in [0.1, 0.15) is 18.9 Å². The van der Waals surface area contributed by atoms with E-state index in [1.807, 2.05) is 25.1 Å². The molecule has 0 aromatic heterocycles. The Kier molecular flexibility index (Phi) is 5.40. The van der Waals surface area contributed by atoms with Crippen molar-refractivity contribution in [3.8, 4) is 0 Å². The van der Waals surface area contributed by atoms with Crippen molar-refractivity contribution in [2.75, 3.05) is 26.2 Å². The first-order chi connectivity index (χ1) is 9.60. The van der Waals surface area contributed by atoms with Crippen molar-refractivity contribution in [3.05, 3.63) is 34.9 Å². The molecule has 0 amide bonds. The van der Waals surface area contributed by atoms with Crippen LogP contribution in [0.4, 0.5) is 0 Å². The number of benzene rings is 1. The minimum absolute atomic E-state index is 0.344. The van der Waals surface area contributed by atoms with Gasteiger partial charge in [0, 0.05) is 37.7 Å². The molecule has 20 heavy (non-hydrogen) atoms. The van der Waals surface area contributed by atoms with Gasteiger partial charge in [-0.3, -0.25) is 14.6 Å². The van der Waals surface area contributed by atoms with Gasteiger partial charge in [0.05, 0.1) is 0 Å². The van der Waals surface area contributed by atoms with Crippen LogP contribution in [0.3, 0.4) is 0 Å². The van der Waals surface area contributed by atoms with E-state index in [0.29, 0.717) is 6.42 Å². The van der Waals surface area contributed by atoms with Gasteiger partial charge in [-0.2, -0.15) is 0 Å². The van der Waals surface area contributed by atoms with Crippen LogP contribution in [-0.4, -0.2) is 53.1 Å². The Morgan fingerprint density at radius 3 is 2.60 bits per heavy atom. The van der Waals surface area contributed by atoms with Gasteiger partial charge < -0.3 is 5.11 Å². The summed E-state index contributed by atoms with van der Waals surface area (Å²) in [6, 6.07) is 7.56. The molecule has 1 saturated heterocycles. The minimum Gasteiger partial charge on any atom is -0.480 e. The molecule has 1 heterocycles. The molecule has 5 heteroatoms. The lowest BCUT2D eigenvalue weighted by molar-refractivity contribution is -0.144. The van der Waals surface area contributed by atoms with Gasteiger partial charge in [0.2, 0.25) is 0 Å². The molecule has 0 spiro atoms. The second-order valence-corrected chi connectivity index (χ2v) is 5.64. The Bertz CT molecular complexity index is 459. The number of carboxylic acid groups (broad SMARTS) is 1. The normalized spacial score (nSPS) is 18.9. The van der Waals surface area contributed by atoms with Crippen LogP contribution in [-0.2, 0) is 11.3 Å². The van der Waals surface area contributed by atoms with E-state index in [4.69, 9.17) is 11.6 Å². The highest BCUT2D eigenvalue weighted by atomic mass is 35.5. The van der Waals surface area contributed by atoms with Gasteiger partial charge in [0.25, 0.3) is 0 Å². The van der Waals surface area contributed by atoms with Crippen LogP contribution in [0.5, 0.6) is 0 Å². The molecule has 110 valence electrons. The summed E-state index contributed by atoms with van der Waals surface area (Å²) in [5.41, 5.74) is 1.20. The molecule has 1 atom stereocenters. The molecule has 1 unspecified atom stereocenters. The first-order valence-electron chi connectivity index (χ1n) is 7.04.